The minimum atomic E-state index is -0.289. The second kappa shape index (κ2) is 7.98. The predicted molar refractivity (Wildman–Crippen MR) is 75.0 cm³/mol. The zero-order valence-electron chi connectivity index (χ0n) is 10.9. The van der Waals surface area contributed by atoms with Crippen molar-refractivity contribution in [1.29, 1.82) is 0 Å². The van der Waals surface area contributed by atoms with Crippen molar-refractivity contribution < 1.29 is 9.53 Å². The number of unbranched alkanes of at least 4 members (excludes halogenated alkanes) is 2. The summed E-state index contributed by atoms with van der Waals surface area (Å²) in [6, 6.07) is 7.02. The van der Waals surface area contributed by atoms with Gasteiger partial charge < -0.3 is 10.1 Å². The highest BCUT2D eigenvalue weighted by atomic mass is 35.5. The molecule has 100 valence electrons. The molecular formula is C14H20ClNO2. The fraction of sp³-hybridized carbons (Fsp3) is 0.500. The molecule has 0 radical (unpaired) electrons. The lowest BCUT2D eigenvalue weighted by Gasteiger charge is -2.17. The Bertz CT molecular complexity index is 365. The Kier molecular flexibility index (Phi) is 6.58. The van der Waals surface area contributed by atoms with Gasteiger partial charge in [0.25, 0.3) is 0 Å². The number of halogens is 1. The van der Waals surface area contributed by atoms with Crippen LogP contribution in [0.2, 0.25) is 5.02 Å². The molecule has 0 aliphatic heterocycles. The van der Waals surface area contributed by atoms with Crippen LogP contribution in [0.3, 0.4) is 0 Å². The second-order valence-corrected chi connectivity index (χ2v) is 4.66. The largest absolute Gasteiger partial charge is 0.467 e. The molecule has 0 aliphatic carbocycles. The number of hydrogen-bond acceptors (Lipinski definition) is 3. The van der Waals surface area contributed by atoms with E-state index < -0.39 is 0 Å². The summed E-state index contributed by atoms with van der Waals surface area (Å²) in [5.74, 6) is -0.221. The van der Waals surface area contributed by atoms with Gasteiger partial charge in [-0.05, 0) is 30.7 Å². The molecule has 0 heterocycles. The standard InChI is InChI=1S/C14H20ClNO2/c1-3-4-5-6-13(14(17)18-2)16-12-9-7-11(15)8-10-12/h7-10,13,16H,3-6H2,1-2H3. The highest BCUT2D eigenvalue weighted by Gasteiger charge is 2.18. The van der Waals surface area contributed by atoms with Crippen molar-refractivity contribution in [1.82, 2.24) is 0 Å². The molecule has 1 unspecified atom stereocenters. The van der Waals surface area contributed by atoms with Gasteiger partial charge in [-0.2, -0.15) is 0 Å². The zero-order valence-corrected chi connectivity index (χ0v) is 11.7. The van der Waals surface area contributed by atoms with Crippen LogP contribution in [-0.4, -0.2) is 19.1 Å². The summed E-state index contributed by atoms with van der Waals surface area (Å²) >= 11 is 5.82. The first-order chi connectivity index (χ1) is 8.67. The molecule has 0 amide bonds. The fourth-order valence-electron chi connectivity index (χ4n) is 1.74. The van der Waals surface area contributed by atoms with Crippen LogP contribution in [0.15, 0.2) is 24.3 Å². The van der Waals surface area contributed by atoms with Gasteiger partial charge >= 0.3 is 5.97 Å². The molecule has 0 bridgehead atoms. The maximum atomic E-state index is 11.7. The molecule has 1 aromatic rings. The molecule has 1 rings (SSSR count). The predicted octanol–water partition coefficient (Wildman–Crippen LogP) is 3.87. The SMILES string of the molecule is CCCCCC(Nc1ccc(Cl)cc1)C(=O)OC. The van der Waals surface area contributed by atoms with Crippen molar-refractivity contribution in [2.24, 2.45) is 0 Å². The first kappa shape index (κ1) is 14.8. The van der Waals surface area contributed by atoms with Gasteiger partial charge in [0, 0.05) is 10.7 Å². The Morgan fingerprint density at radius 1 is 1.33 bits per heavy atom. The number of carbonyl (C=O) groups is 1. The first-order valence-electron chi connectivity index (χ1n) is 6.27. The van der Waals surface area contributed by atoms with E-state index in [0.29, 0.717) is 5.02 Å². The molecule has 18 heavy (non-hydrogen) atoms. The van der Waals surface area contributed by atoms with Crippen molar-refractivity contribution in [2.45, 2.75) is 38.6 Å². The number of esters is 1. The summed E-state index contributed by atoms with van der Waals surface area (Å²) in [7, 11) is 1.42. The molecular weight excluding hydrogens is 250 g/mol. The lowest BCUT2D eigenvalue weighted by Crippen LogP contribution is -2.30. The fourth-order valence-corrected chi connectivity index (χ4v) is 1.86. The lowest BCUT2D eigenvalue weighted by molar-refractivity contribution is -0.141. The van der Waals surface area contributed by atoms with E-state index in [9.17, 15) is 4.79 Å². The van der Waals surface area contributed by atoms with Gasteiger partial charge in [-0.1, -0.05) is 37.8 Å². The van der Waals surface area contributed by atoms with Crippen LogP contribution in [0, 0.1) is 0 Å². The third kappa shape index (κ3) is 4.96. The molecule has 0 fully saturated rings. The molecule has 3 nitrogen and oxygen atoms in total. The van der Waals surface area contributed by atoms with Gasteiger partial charge in [0.15, 0.2) is 0 Å². The third-order valence-corrected chi connectivity index (χ3v) is 3.02. The molecule has 0 aromatic heterocycles. The normalized spacial score (nSPS) is 11.9. The van der Waals surface area contributed by atoms with E-state index in [4.69, 9.17) is 16.3 Å². The zero-order chi connectivity index (χ0) is 13.4. The summed E-state index contributed by atoms with van der Waals surface area (Å²) in [5.41, 5.74) is 0.881. The Hall–Kier alpha value is -1.22. The number of methoxy groups -OCH3 is 1. The number of carbonyl (C=O) groups excluding carboxylic acids is 1. The molecule has 0 saturated carbocycles. The Balaban J connectivity index is 2.59. The van der Waals surface area contributed by atoms with Gasteiger partial charge in [-0.25, -0.2) is 4.79 Å². The van der Waals surface area contributed by atoms with Crippen LogP contribution in [0.5, 0.6) is 0 Å². The quantitative estimate of drug-likeness (QED) is 0.603. The Labute approximate surface area is 113 Å². The van der Waals surface area contributed by atoms with Crippen molar-refractivity contribution in [3.8, 4) is 0 Å². The van der Waals surface area contributed by atoms with Gasteiger partial charge in [-0.15, -0.1) is 0 Å². The van der Waals surface area contributed by atoms with Crippen molar-refractivity contribution in [2.75, 3.05) is 12.4 Å². The van der Waals surface area contributed by atoms with Gasteiger partial charge in [0.05, 0.1) is 7.11 Å². The molecule has 0 spiro atoms. The maximum Gasteiger partial charge on any atom is 0.328 e. The average Bonchev–Trinajstić information content (AvgIpc) is 2.39. The minimum Gasteiger partial charge on any atom is -0.467 e. The lowest BCUT2D eigenvalue weighted by atomic mass is 10.1. The van der Waals surface area contributed by atoms with Crippen molar-refractivity contribution in [3.05, 3.63) is 29.3 Å². The molecule has 0 saturated heterocycles. The summed E-state index contributed by atoms with van der Waals surface area (Å²) in [6.07, 6.45) is 4.05. The Morgan fingerprint density at radius 3 is 2.56 bits per heavy atom. The van der Waals surface area contributed by atoms with Crippen LogP contribution in [-0.2, 0) is 9.53 Å². The van der Waals surface area contributed by atoms with Crippen LogP contribution in [0.25, 0.3) is 0 Å². The smallest absolute Gasteiger partial charge is 0.328 e. The van der Waals surface area contributed by atoms with E-state index in [2.05, 4.69) is 12.2 Å². The number of hydrogen-bond donors (Lipinski definition) is 1. The summed E-state index contributed by atoms with van der Waals surface area (Å²) in [5, 5.41) is 3.86. The van der Waals surface area contributed by atoms with Crippen LogP contribution < -0.4 is 5.32 Å². The highest BCUT2D eigenvalue weighted by molar-refractivity contribution is 6.30. The van der Waals surface area contributed by atoms with Gasteiger partial charge in [0.1, 0.15) is 6.04 Å². The first-order valence-corrected chi connectivity index (χ1v) is 6.65. The molecule has 1 aromatic carbocycles. The van der Waals surface area contributed by atoms with E-state index in [1.165, 1.54) is 7.11 Å². The minimum absolute atomic E-state index is 0.221. The summed E-state index contributed by atoms with van der Waals surface area (Å²) < 4.78 is 4.81. The molecule has 1 atom stereocenters. The van der Waals surface area contributed by atoms with Gasteiger partial charge in [-0.3, -0.25) is 0 Å². The molecule has 4 heteroatoms. The highest BCUT2D eigenvalue weighted by Crippen LogP contribution is 2.16. The van der Waals surface area contributed by atoms with Crippen LogP contribution >= 0.6 is 11.6 Å². The monoisotopic (exact) mass is 269 g/mol. The van der Waals surface area contributed by atoms with E-state index in [-0.39, 0.29) is 12.0 Å². The number of benzene rings is 1. The van der Waals surface area contributed by atoms with E-state index in [0.717, 1.165) is 31.4 Å². The number of anilines is 1. The van der Waals surface area contributed by atoms with Gasteiger partial charge in [0.2, 0.25) is 0 Å². The topological polar surface area (TPSA) is 38.3 Å². The van der Waals surface area contributed by atoms with E-state index >= 15 is 0 Å². The summed E-state index contributed by atoms with van der Waals surface area (Å²) in [6.45, 7) is 2.14. The van der Waals surface area contributed by atoms with Crippen LogP contribution in [0.4, 0.5) is 5.69 Å². The number of rotatable bonds is 7. The van der Waals surface area contributed by atoms with Crippen molar-refractivity contribution in [3.63, 3.8) is 0 Å². The third-order valence-electron chi connectivity index (χ3n) is 2.77. The molecule has 1 N–H and O–H groups in total. The number of nitrogens with one attached hydrogen (secondary N) is 1. The van der Waals surface area contributed by atoms with E-state index in [1.54, 1.807) is 12.1 Å². The summed E-state index contributed by atoms with van der Waals surface area (Å²) in [4.78, 5) is 11.7. The van der Waals surface area contributed by atoms with E-state index in [1.807, 2.05) is 12.1 Å². The Morgan fingerprint density at radius 2 is 2.00 bits per heavy atom. The molecule has 0 aliphatic rings. The van der Waals surface area contributed by atoms with Crippen molar-refractivity contribution >= 4 is 23.3 Å². The number of ether oxygens (including phenoxy) is 1. The average molecular weight is 270 g/mol. The second-order valence-electron chi connectivity index (χ2n) is 4.22. The maximum absolute atomic E-state index is 11.7. The van der Waals surface area contributed by atoms with Crippen LogP contribution in [0.1, 0.15) is 32.6 Å².